The first kappa shape index (κ1) is 27.1. The molecule has 40 heavy (non-hydrogen) atoms. The second-order valence-corrected chi connectivity index (χ2v) is 13.8. The Balaban J connectivity index is 1.15. The third kappa shape index (κ3) is 4.85. The second kappa shape index (κ2) is 10.4. The number of halogens is 1. The van der Waals surface area contributed by atoms with Crippen LogP contribution in [0, 0.1) is 19.3 Å². The van der Waals surface area contributed by atoms with Crippen LogP contribution in [0.3, 0.4) is 0 Å². The van der Waals surface area contributed by atoms with E-state index in [1.54, 1.807) is 25.1 Å². The Labute approximate surface area is 241 Å². The minimum absolute atomic E-state index is 0.0189. The minimum Gasteiger partial charge on any atom is -0.371 e. The van der Waals surface area contributed by atoms with Crippen LogP contribution in [0.4, 0.5) is 11.4 Å². The standard InChI is InChI=1S/C31H35ClN4O3S/c1-22-20-29(23(2)19-27(22)32)40(38,39)36-14-7-24-3-4-25(21-28(24)36)30(37)35-17-10-31(11-18-35)8-15-34(16-9-31)26-5-12-33-13-6-26/h3-6,12-13,19-21H,7-11,14-18H2,1-2H3. The van der Waals surface area contributed by atoms with Crippen molar-refractivity contribution >= 4 is 38.9 Å². The normalized spacial score (nSPS) is 18.7. The number of hydrogen-bond donors (Lipinski definition) is 0. The van der Waals surface area contributed by atoms with Crippen molar-refractivity contribution in [2.75, 3.05) is 41.9 Å². The van der Waals surface area contributed by atoms with Crippen molar-refractivity contribution in [3.05, 3.63) is 82.1 Å². The molecule has 2 saturated heterocycles. The van der Waals surface area contributed by atoms with Crippen LogP contribution in [0.25, 0.3) is 0 Å². The van der Waals surface area contributed by atoms with Crippen molar-refractivity contribution in [2.24, 2.45) is 5.41 Å². The fourth-order valence-electron chi connectivity index (χ4n) is 6.54. The molecule has 3 aliphatic heterocycles. The van der Waals surface area contributed by atoms with Gasteiger partial charge < -0.3 is 9.80 Å². The number of amides is 1. The number of pyridine rings is 1. The molecular formula is C31H35ClN4O3S. The molecule has 3 aliphatic rings. The summed E-state index contributed by atoms with van der Waals surface area (Å²) in [5.74, 6) is -0.0189. The lowest BCUT2D eigenvalue weighted by molar-refractivity contribution is 0.0515. The molecule has 0 aliphatic carbocycles. The van der Waals surface area contributed by atoms with Crippen molar-refractivity contribution in [3.8, 4) is 0 Å². The molecule has 9 heteroatoms. The van der Waals surface area contributed by atoms with Gasteiger partial charge in [0.25, 0.3) is 15.9 Å². The summed E-state index contributed by atoms with van der Waals surface area (Å²) in [5.41, 5.74) is 4.96. The maximum Gasteiger partial charge on any atom is 0.264 e. The number of rotatable bonds is 4. The summed E-state index contributed by atoms with van der Waals surface area (Å²) in [6, 6.07) is 13.0. The number of anilines is 2. The molecule has 4 heterocycles. The maximum absolute atomic E-state index is 13.7. The third-order valence-electron chi connectivity index (χ3n) is 9.17. The molecule has 210 valence electrons. The molecule has 0 radical (unpaired) electrons. The number of aromatic nitrogens is 1. The quantitative estimate of drug-likeness (QED) is 0.401. The predicted octanol–water partition coefficient (Wildman–Crippen LogP) is 5.63. The van der Waals surface area contributed by atoms with Crippen molar-refractivity contribution in [1.82, 2.24) is 9.88 Å². The summed E-state index contributed by atoms with van der Waals surface area (Å²) in [7, 11) is -3.79. The average molecular weight is 579 g/mol. The summed E-state index contributed by atoms with van der Waals surface area (Å²) in [6.07, 6.45) is 8.58. The van der Waals surface area contributed by atoms with Gasteiger partial charge in [-0.2, -0.15) is 0 Å². The number of hydrogen-bond acceptors (Lipinski definition) is 5. The lowest BCUT2D eigenvalue weighted by atomic mass is 9.71. The molecule has 0 bridgehead atoms. The van der Waals surface area contributed by atoms with E-state index in [1.165, 1.54) is 9.99 Å². The van der Waals surface area contributed by atoms with Gasteiger partial charge in [-0.1, -0.05) is 17.7 Å². The molecule has 2 fully saturated rings. The molecule has 0 N–H and O–H groups in total. The predicted molar refractivity (Wildman–Crippen MR) is 159 cm³/mol. The van der Waals surface area contributed by atoms with Gasteiger partial charge in [0.2, 0.25) is 0 Å². The Morgan fingerprint density at radius 3 is 2.25 bits per heavy atom. The van der Waals surface area contributed by atoms with E-state index < -0.39 is 10.0 Å². The molecule has 6 rings (SSSR count). The molecule has 1 aromatic heterocycles. The molecule has 2 aromatic carbocycles. The summed E-state index contributed by atoms with van der Waals surface area (Å²) < 4.78 is 28.9. The van der Waals surface area contributed by atoms with Crippen LogP contribution in [0.1, 0.15) is 52.7 Å². The molecule has 1 amide bonds. The number of sulfonamides is 1. The van der Waals surface area contributed by atoms with Gasteiger partial charge in [-0.05, 0) is 104 Å². The van der Waals surface area contributed by atoms with Gasteiger partial charge >= 0.3 is 0 Å². The number of nitrogens with zero attached hydrogens (tertiary/aromatic N) is 4. The van der Waals surface area contributed by atoms with Gasteiger partial charge in [-0.15, -0.1) is 0 Å². The number of carbonyl (C=O) groups is 1. The second-order valence-electron chi connectivity index (χ2n) is 11.5. The van der Waals surface area contributed by atoms with Crippen LogP contribution in [-0.4, -0.2) is 56.9 Å². The number of benzene rings is 2. The van der Waals surface area contributed by atoms with Crippen LogP contribution in [0.2, 0.25) is 5.02 Å². The van der Waals surface area contributed by atoms with Gasteiger partial charge in [0, 0.05) is 61.4 Å². The van der Waals surface area contributed by atoms with E-state index >= 15 is 0 Å². The number of aryl methyl sites for hydroxylation is 2. The molecular weight excluding hydrogens is 544 g/mol. The third-order valence-corrected chi connectivity index (χ3v) is 11.5. The molecule has 0 saturated carbocycles. The highest BCUT2D eigenvalue weighted by Crippen LogP contribution is 2.43. The van der Waals surface area contributed by atoms with Crippen LogP contribution < -0.4 is 9.21 Å². The van der Waals surface area contributed by atoms with Crippen molar-refractivity contribution in [2.45, 2.75) is 50.8 Å². The lowest BCUT2D eigenvalue weighted by Crippen LogP contribution is -2.48. The Hall–Kier alpha value is -3.10. The number of piperidine rings is 2. The van der Waals surface area contributed by atoms with Gasteiger partial charge in [0.15, 0.2) is 0 Å². The lowest BCUT2D eigenvalue weighted by Gasteiger charge is -2.47. The van der Waals surface area contributed by atoms with E-state index in [9.17, 15) is 13.2 Å². The molecule has 0 atom stereocenters. The molecule has 1 spiro atoms. The zero-order chi connectivity index (χ0) is 28.1. The van der Waals surface area contributed by atoms with E-state index in [0.29, 0.717) is 34.8 Å². The largest absolute Gasteiger partial charge is 0.371 e. The first-order valence-electron chi connectivity index (χ1n) is 14.0. The van der Waals surface area contributed by atoms with Crippen LogP contribution in [-0.2, 0) is 16.4 Å². The molecule has 0 unspecified atom stereocenters. The molecule has 3 aromatic rings. The van der Waals surface area contributed by atoms with Gasteiger partial charge in [0.05, 0.1) is 10.6 Å². The summed E-state index contributed by atoms with van der Waals surface area (Å²) >= 11 is 6.23. The van der Waals surface area contributed by atoms with Crippen molar-refractivity contribution in [3.63, 3.8) is 0 Å². The highest BCUT2D eigenvalue weighted by atomic mass is 35.5. The van der Waals surface area contributed by atoms with E-state index in [4.69, 9.17) is 11.6 Å². The number of likely N-dealkylation sites (tertiary alicyclic amines) is 1. The van der Waals surface area contributed by atoms with E-state index in [1.807, 2.05) is 36.4 Å². The Morgan fingerprint density at radius 1 is 0.875 bits per heavy atom. The zero-order valence-electron chi connectivity index (χ0n) is 23.1. The Bertz CT molecular complexity index is 1540. The van der Waals surface area contributed by atoms with Gasteiger partial charge in [0.1, 0.15) is 0 Å². The van der Waals surface area contributed by atoms with Gasteiger partial charge in [-0.25, -0.2) is 8.42 Å². The van der Waals surface area contributed by atoms with Crippen LogP contribution in [0.15, 0.2) is 59.8 Å². The van der Waals surface area contributed by atoms with E-state index in [-0.39, 0.29) is 16.2 Å². The SMILES string of the molecule is Cc1cc(S(=O)(=O)N2CCc3ccc(C(=O)N4CCC5(CC4)CCN(c4ccncc4)CC5)cc32)c(C)cc1Cl. The van der Waals surface area contributed by atoms with Crippen molar-refractivity contribution < 1.29 is 13.2 Å². The zero-order valence-corrected chi connectivity index (χ0v) is 24.6. The topological polar surface area (TPSA) is 73.8 Å². The monoisotopic (exact) mass is 578 g/mol. The van der Waals surface area contributed by atoms with Crippen molar-refractivity contribution in [1.29, 1.82) is 0 Å². The van der Waals surface area contributed by atoms with Crippen LogP contribution >= 0.6 is 11.6 Å². The summed E-state index contributed by atoms with van der Waals surface area (Å²) in [4.78, 5) is 22.4. The number of fused-ring (bicyclic) bond motifs is 1. The van der Waals surface area contributed by atoms with E-state index in [2.05, 4.69) is 22.0 Å². The summed E-state index contributed by atoms with van der Waals surface area (Å²) in [5, 5.41) is 0.550. The van der Waals surface area contributed by atoms with Gasteiger partial charge in [-0.3, -0.25) is 14.1 Å². The highest BCUT2D eigenvalue weighted by Gasteiger charge is 2.39. The maximum atomic E-state index is 13.7. The Kier molecular flexibility index (Phi) is 7.03. The van der Waals surface area contributed by atoms with Crippen LogP contribution in [0.5, 0.6) is 0 Å². The highest BCUT2D eigenvalue weighted by molar-refractivity contribution is 7.93. The summed E-state index contributed by atoms with van der Waals surface area (Å²) in [6.45, 7) is 7.45. The minimum atomic E-state index is -3.79. The Morgan fingerprint density at radius 2 is 1.55 bits per heavy atom. The first-order chi connectivity index (χ1) is 19.2. The first-order valence-corrected chi connectivity index (χ1v) is 15.9. The average Bonchev–Trinajstić information content (AvgIpc) is 3.40. The number of carbonyl (C=O) groups excluding carboxylic acids is 1. The smallest absolute Gasteiger partial charge is 0.264 e. The van der Waals surface area contributed by atoms with E-state index in [0.717, 1.165) is 63.0 Å². The fraction of sp³-hybridized carbons (Fsp3) is 0.419. The molecule has 7 nitrogen and oxygen atoms in total. The fourth-order valence-corrected chi connectivity index (χ4v) is 8.55.